The SMILES string of the molecule is Oc1ccc(C23CC4(c5ccc(O)c(O)c5O)CC(c5ccc(O)c(O)c5O)(C2)CC(c2ccc(O)c(O)c2O)(C3)C4)c(O)c1O. The summed E-state index contributed by atoms with van der Waals surface area (Å²) in [6.45, 7) is 0. The molecule has 240 valence electrons. The van der Waals surface area contributed by atoms with Gasteiger partial charge in [-0.25, -0.2) is 0 Å². The monoisotopic (exact) mass is 632 g/mol. The molecule has 4 bridgehead atoms. The third-order valence-electron chi connectivity index (χ3n) is 10.9. The maximum absolute atomic E-state index is 11.3. The van der Waals surface area contributed by atoms with E-state index in [2.05, 4.69) is 0 Å². The molecule has 4 aliphatic rings. The molecule has 4 saturated carbocycles. The number of phenols is 12. The molecule has 4 aromatic rings. The lowest BCUT2D eigenvalue weighted by Crippen LogP contribution is -2.67. The molecule has 12 heteroatoms. The van der Waals surface area contributed by atoms with Gasteiger partial charge in [0.1, 0.15) is 0 Å². The smallest absolute Gasteiger partial charge is 0.200 e. The van der Waals surface area contributed by atoms with Crippen LogP contribution in [0.25, 0.3) is 0 Å². The minimum absolute atomic E-state index is 0.161. The second-order valence-corrected chi connectivity index (χ2v) is 13.5. The molecule has 0 heterocycles. The van der Waals surface area contributed by atoms with Crippen molar-refractivity contribution in [3.63, 3.8) is 0 Å². The molecule has 0 aliphatic heterocycles. The third-order valence-corrected chi connectivity index (χ3v) is 10.9. The summed E-state index contributed by atoms with van der Waals surface area (Å²) >= 11 is 0. The topological polar surface area (TPSA) is 243 Å². The molecule has 0 amide bonds. The van der Waals surface area contributed by atoms with Crippen LogP contribution in [0.2, 0.25) is 0 Å². The van der Waals surface area contributed by atoms with Gasteiger partial charge in [-0.1, -0.05) is 24.3 Å². The molecular weight excluding hydrogens is 600 g/mol. The van der Waals surface area contributed by atoms with E-state index in [1.165, 1.54) is 48.5 Å². The van der Waals surface area contributed by atoms with Crippen LogP contribution in [0.1, 0.15) is 60.8 Å². The summed E-state index contributed by atoms with van der Waals surface area (Å²) in [7, 11) is 0. The highest BCUT2D eigenvalue weighted by Crippen LogP contribution is 2.77. The minimum Gasteiger partial charge on any atom is -0.504 e. The van der Waals surface area contributed by atoms with Crippen LogP contribution in [-0.4, -0.2) is 61.3 Å². The first-order valence-corrected chi connectivity index (χ1v) is 14.6. The van der Waals surface area contributed by atoms with Crippen molar-refractivity contribution in [1.82, 2.24) is 0 Å². The Balaban J connectivity index is 1.62. The molecule has 0 aromatic heterocycles. The minimum atomic E-state index is -1.18. The van der Waals surface area contributed by atoms with E-state index in [1.807, 2.05) is 0 Å². The summed E-state index contributed by atoms with van der Waals surface area (Å²) in [5, 5.41) is 129. The molecule has 4 fully saturated rings. The molecular formula is C34H32O12. The van der Waals surface area contributed by atoms with Crippen molar-refractivity contribution in [2.24, 2.45) is 0 Å². The average Bonchev–Trinajstić information content (AvgIpc) is 2.99. The molecule has 0 unspecified atom stereocenters. The average molecular weight is 633 g/mol. The van der Waals surface area contributed by atoms with Crippen LogP contribution in [-0.2, 0) is 21.7 Å². The standard InChI is InChI=1S/C34H32O12/c35-19-5-1-15(23(39)27(19)43)31-9-32(16-2-6-20(36)28(44)24(16)40)12-33(10-31,17-3-7-21(37)29(45)25(17)41)14-34(11-31,13-32)18-4-8-22(38)30(46)26(18)42/h1-8,35-46H,9-14H2. The molecule has 0 saturated heterocycles. The van der Waals surface area contributed by atoms with E-state index in [0.717, 1.165) is 0 Å². The molecule has 4 aromatic carbocycles. The molecule has 46 heavy (non-hydrogen) atoms. The fraction of sp³-hybridized carbons (Fsp3) is 0.294. The van der Waals surface area contributed by atoms with Crippen LogP contribution in [0, 0.1) is 0 Å². The first-order valence-electron chi connectivity index (χ1n) is 14.6. The third kappa shape index (κ3) is 3.60. The van der Waals surface area contributed by atoms with E-state index in [9.17, 15) is 61.3 Å². The fourth-order valence-electron chi connectivity index (χ4n) is 9.77. The number of aromatic hydroxyl groups is 12. The van der Waals surface area contributed by atoms with Gasteiger partial charge in [-0.2, -0.15) is 0 Å². The highest BCUT2D eigenvalue weighted by atomic mass is 16.3. The van der Waals surface area contributed by atoms with Crippen molar-refractivity contribution >= 4 is 0 Å². The normalized spacial score (nSPS) is 28.0. The van der Waals surface area contributed by atoms with Crippen LogP contribution in [0.5, 0.6) is 69.0 Å². The number of benzene rings is 4. The quantitative estimate of drug-likeness (QED) is 0.138. The number of hydrogen-bond acceptors (Lipinski definition) is 12. The molecule has 12 nitrogen and oxygen atoms in total. The second-order valence-electron chi connectivity index (χ2n) is 13.5. The van der Waals surface area contributed by atoms with E-state index in [0.29, 0.717) is 0 Å². The zero-order valence-electron chi connectivity index (χ0n) is 24.2. The summed E-state index contributed by atoms with van der Waals surface area (Å²) in [6.07, 6.45) is 0.968. The molecule has 12 N–H and O–H groups in total. The van der Waals surface area contributed by atoms with Gasteiger partial charge in [0.05, 0.1) is 0 Å². The van der Waals surface area contributed by atoms with Crippen molar-refractivity contribution in [1.29, 1.82) is 0 Å². The van der Waals surface area contributed by atoms with Crippen molar-refractivity contribution in [2.75, 3.05) is 0 Å². The van der Waals surface area contributed by atoms with Gasteiger partial charge in [-0.3, -0.25) is 0 Å². The highest BCUT2D eigenvalue weighted by molar-refractivity contribution is 5.65. The Labute approximate surface area is 261 Å². The van der Waals surface area contributed by atoms with E-state index >= 15 is 0 Å². The Bertz CT molecular complexity index is 1650. The molecule has 8 rings (SSSR count). The highest BCUT2D eigenvalue weighted by Gasteiger charge is 2.71. The van der Waals surface area contributed by atoms with Gasteiger partial charge < -0.3 is 61.3 Å². The number of hydrogen-bond donors (Lipinski definition) is 12. The molecule has 0 radical (unpaired) electrons. The van der Waals surface area contributed by atoms with Gasteiger partial charge in [0.25, 0.3) is 0 Å². The Morgan fingerprint density at radius 3 is 0.609 bits per heavy atom. The molecule has 0 spiro atoms. The number of rotatable bonds is 4. The molecule has 4 aliphatic carbocycles. The van der Waals surface area contributed by atoms with Crippen LogP contribution in [0.15, 0.2) is 48.5 Å². The predicted octanol–water partition coefficient (Wildman–Crippen LogP) is 4.59. The first-order chi connectivity index (χ1) is 21.6. The van der Waals surface area contributed by atoms with Crippen molar-refractivity contribution in [3.8, 4) is 69.0 Å². The maximum Gasteiger partial charge on any atom is 0.200 e. The maximum atomic E-state index is 11.3. The van der Waals surface area contributed by atoms with Gasteiger partial charge in [-0.05, 0) is 62.8 Å². The van der Waals surface area contributed by atoms with Crippen LogP contribution in [0.4, 0.5) is 0 Å². The Hall–Kier alpha value is -5.52. The van der Waals surface area contributed by atoms with Gasteiger partial charge in [0, 0.05) is 43.9 Å². The number of phenolic OH excluding ortho intramolecular Hbond substituents is 12. The van der Waals surface area contributed by atoms with Crippen LogP contribution < -0.4 is 0 Å². The lowest BCUT2D eigenvalue weighted by Gasteiger charge is -2.71. The van der Waals surface area contributed by atoms with Crippen molar-refractivity contribution < 1.29 is 61.3 Å². The molecule has 0 atom stereocenters. The van der Waals surface area contributed by atoms with Crippen LogP contribution in [0.3, 0.4) is 0 Å². The summed E-state index contributed by atoms with van der Waals surface area (Å²) in [4.78, 5) is 0. The van der Waals surface area contributed by atoms with Gasteiger partial charge >= 0.3 is 0 Å². The Kier molecular flexibility index (Phi) is 5.73. The summed E-state index contributed by atoms with van der Waals surface area (Å²) < 4.78 is 0. The summed E-state index contributed by atoms with van der Waals surface area (Å²) in [6, 6.07) is 10.6. The van der Waals surface area contributed by atoms with Gasteiger partial charge in [0.15, 0.2) is 46.0 Å². The van der Waals surface area contributed by atoms with E-state index in [4.69, 9.17) is 0 Å². The van der Waals surface area contributed by atoms with E-state index < -0.39 is 90.7 Å². The van der Waals surface area contributed by atoms with Gasteiger partial charge in [0.2, 0.25) is 23.0 Å². The lowest BCUT2D eigenvalue weighted by molar-refractivity contribution is -0.0718. The largest absolute Gasteiger partial charge is 0.504 e. The summed E-state index contributed by atoms with van der Waals surface area (Å²) in [5.41, 5.74) is -3.90. The first kappa shape index (κ1) is 29.2. The van der Waals surface area contributed by atoms with E-state index in [1.54, 1.807) is 0 Å². The van der Waals surface area contributed by atoms with Crippen LogP contribution >= 0.6 is 0 Å². The fourth-order valence-corrected chi connectivity index (χ4v) is 9.77. The second kappa shape index (κ2) is 9.03. The van der Waals surface area contributed by atoms with E-state index in [-0.39, 0.29) is 60.8 Å². The predicted molar refractivity (Wildman–Crippen MR) is 160 cm³/mol. The zero-order chi connectivity index (χ0) is 33.1. The Morgan fingerprint density at radius 2 is 0.435 bits per heavy atom. The van der Waals surface area contributed by atoms with Crippen molar-refractivity contribution in [2.45, 2.75) is 60.2 Å². The Morgan fingerprint density at radius 1 is 0.261 bits per heavy atom. The lowest BCUT2D eigenvalue weighted by atomic mass is 9.32. The summed E-state index contributed by atoms with van der Waals surface area (Å²) in [5.74, 6) is -7.85. The van der Waals surface area contributed by atoms with Gasteiger partial charge in [-0.15, -0.1) is 0 Å². The zero-order valence-corrected chi connectivity index (χ0v) is 24.2. The van der Waals surface area contributed by atoms with Crippen molar-refractivity contribution in [3.05, 3.63) is 70.8 Å².